The summed E-state index contributed by atoms with van der Waals surface area (Å²) in [6.07, 6.45) is 6.17. The Kier molecular flexibility index (Phi) is 3.63. The van der Waals surface area contributed by atoms with Crippen LogP contribution in [-0.2, 0) is 0 Å². The number of benzene rings is 1. The molecule has 1 N–H and O–H groups in total. The zero-order valence-corrected chi connectivity index (χ0v) is 12.4. The van der Waals surface area contributed by atoms with Crippen molar-refractivity contribution in [3.8, 4) is 11.5 Å². The van der Waals surface area contributed by atoms with E-state index in [-0.39, 0.29) is 5.60 Å². The van der Waals surface area contributed by atoms with Gasteiger partial charge in [0.25, 0.3) is 0 Å². The summed E-state index contributed by atoms with van der Waals surface area (Å²) in [5.41, 5.74) is 0.725. The molecule has 3 rings (SSSR count). The minimum Gasteiger partial charge on any atom is -0.497 e. The van der Waals surface area contributed by atoms with E-state index in [1.54, 1.807) is 7.11 Å². The number of fused-ring (bicyclic) bond motifs is 1. The van der Waals surface area contributed by atoms with Crippen molar-refractivity contribution < 1.29 is 14.6 Å². The number of methoxy groups -OCH3 is 1. The molecule has 1 heterocycles. The molecule has 110 valence electrons. The number of ether oxygens (including phenoxy) is 2. The fraction of sp³-hybridized carbons (Fsp3) is 0.647. The molecule has 3 unspecified atom stereocenters. The maximum absolute atomic E-state index is 10.5. The standard InChI is InChI=1S/C17H24O3/c1-3-12-6-4-5-9-17(12)11-15(18)14-8-7-13(19-2)10-16(14)20-17/h7-8,10,12,15,18H,3-6,9,11H2,1-2H3. The minimum atomic E-state index is -0.420. The number of aliphatic hydroxyl groups excluding tert-OH is 1. The molecule has 3 atom stereocenters. The van der Waals surface area contributed by atoms with E-state index in [0.29, 0.717) is 5.92 Å². The highest BCUT2D eigenvalue weighted by atomic mass is 16.5. The van der Waals surface area contributed by atoms with Crippen molar-refractivity contribution in [3.63, 3.8) is 0 Å². The summed E-state index contributed by atoms with van der Waals surface area (Å²) < 4.78 is 11.7. The van der Waals surface area contributed by atoms with Crippen LogP contribution in [0.4, 0.5) is 0 Å². The summed E-state index contributed by atoms with van der Waals surface area (Å²) in [5.74, 6) is 2.14. The molecular formula is C17H24O3. The summed E-state index contributed by atoms with van der Waals surface area (Å²) in [6, 6.07) is 5.73. The molecule has 0 bridgehead atoms. The topological polar surface area (TPSA) is 38.7 Å². The summed E-state index contributed by atoms with van der Waals surface area (Å²) in [7, 11) is 1.66. The van der Waals surface area contributed by atoms with Gasteiger partial charge in [0.2, 0.25) is 0 Å². The average Bonchev–Trinajstić information content (AvgIpc) is 2.47. The van der Waals surface area contributed by atoms with E-state index in [2.05, 4.69) is 6.92 Å². The van der Waals surface area contributed by atoms with E-state index in [1.807, 2.05) is 18.2 Å². The van der Waals surface area contributed by atoms with E-state index in [9.17, 15) is 5.11 Å². The van der Waals surface area contributed by atoms with E-state index >= 15 is 0 Å². The molecule has 0 saturated heterocycles. The predicted octanol–water partition coefficient (Wildman–Crippen LogP) is 3.85. The number of aliphatic hydroxyl groups is 1. The first-order valence-corrected chi connectivity index (χ1v) is 7.73. The van der Waals surface area contributed by atoms with Crippen LogP contribution in [0, 0.1) is 5.92 Å². The summed E-state index contributed by atoms with van der Waals surface area (Å²) in [6.45, 7) is 2.23. The van der Waals surface area contributed by atoms with Crippen molar-refractivity contribution in [1.29, 1.82) is 0 Å². The van der Waals surface area contributed by atoms with Crippen LogP contribution >= 0.6 is 0 Å². The first-order chi connectivity index (χ1) is 9.68. The van der Waals surface area contributed by atoms with Gasteiger partial charge in [-0.3, -0.25) is 0 Å². The van der Waals surface area contributed by atoms with Crippen LogP contribution < -0.4 is 9.47 Å². The molecule has 1 aromatic carbocycles. The van der Waals surface area contributed by atoms with Gasteiger partial charge in [0, 0.05) is 18.1 Å². The van der Waals surface area contributed by atoms with Crippen LogP contribution in [-0.4, -0.2) is 17.8 Å². The Bertz CT molecular complexity index is 485. The fourth-order valence-electron chi connectivity index (χ4n) is 3.96. The van der Waals surface area contributed by atoms with Gasteiger partial charge < -0.3 is 14.6 Å². The second-order valence-electron chi connectivity index (χ2n) is 6.14. The first-order valence-electron chi connectivity index (χ1n) is 7.73. The second-order valence-corrected chi connectivity index (χ2v) is 6.14. The van der Waals surface area contributed by atoms with Crippen LogP contribution in [0.3, 0.4) is 0 Å². The number of hydrogen-bond acceptors (Lipinski definition) is 3. The van der Waals surface area contributed by atoms with Crippen molar-refractivity contribution in [2.45, 2.75) is 57.2 Å². The zero-order valence-electron chi connectivity index (χ0n) is 12.4. The highest BCUT2D eigenvalue weighted by molar-refractivity contribution is 5.44. The Hall–Kier alpha value is -1.22. The Morgan fingerprint density at radius 1 is 1.40 bits per heavy atom. The van der Waals surface area contributed by atoms with Crippen molar-refractivity contribution in [3.05, 3.63) is 23.8 Å². The van der Waals surface area contributed by atoms with Crippen molar-refractivity contribution in [1.82, 2.24) is 0 Å². The Balaban J connectivity index is 1.97. The molecule has 1 spiro atoms. The SMILES string of the molecule is CCC1CCCCC12CC(O)c1ccc(OC)cc1O2. The van der Waals surface area contributed by atoms with Gasteiger partial charge >= 0.3 is 0 Å². The van der Waals surface area contributed by atoms with Crippen molar-refractivity contribution in [2.24, 2.45) is 5.92 Å². The van der Waals surface area contributed by atoms with Gasteiger partial charge in [-0.2, -0.15) is 0 Å². The minimum absolute atomic E-state index is 0.175. The van der Waals surface area contributed by atoms with Crippen LogP contribution in [0.25, 0.3) is 0 Å². The molecule has 1 aliphatic heterocycles. The predicted molar refractivity (Wildman–Crippen MR) is 78.2 cm³/mol. The quantitative estimate of drug-likeness (QED) is 0.891. The average molecular weight is 276 g/mol. The summed E-state index contributed by atoms with van der Waals surface area (Å²) in [5, 5.41) is 10.5. The van der Waals surface area contributed by atoms with Gasteiger partial charge in [0.15, 0.2) is 0 Å². The van der Waals surface area contributed by atoms with Crippen LogP contribution in [0.1, 0.15) is 57.1 Å². The zero-order chi connectivity index (χ0) is 14.2. The van der Waals surface area contributed by atoms with Gasteiger partial charge in [0.05, 0.1) is 13.2 Å². The molecular weight excluding hydrogens is 252 g/mol. The van der Waals surface area contributed by atoms with Gasteiger partial charge in [-0.05, 0) is 43.7 Å². The molecule has 0 amide bonds. The van der Waals surface area contributed by atoms with Crippen LogP contribution in [0.15, 0.2) is 18.2 Å². The molecule has 0 radical (unpaired) electrons. The normalized spacial score (nSPS) is 32.5. The lowest BCUT2D eigenvalue weighted by atomic mass is 9.69. The maximum Gasteiger partial charge on any atom is 0.129 e. The molecule has 1 fully saturated rings. The number of rotatable bonds is 2. The Labute approximate surface area is 120 Å². The second kappa shape index (κ2) is 5.28. The van der Waals surface area contributed by atoms with E-state index < -0.39 is 6.10 Å². The largest absolute Gasteiger partial charge is 0.497 e. The van der Waals surface area contributed by atoms with Gasteiger partial charge in [-0.25, -0.2) is 0 Å². The first kappa shape index (κ1) is 13.7. The van der Waals surface area contributed by atoms with E-state index in [1.165, 1.54) is 19.3 Å². The molecule has 3 heteroatoms. The monoisotopic (exact) mass is 276 g/mol. The van der Waals surface area contributed by atoms with Crippen LogP contribution in [0.5, 0.6) is 11.5 Å². The van der Waals surface area contributed by atoms with Gasteiger partial charge in [0.1, 0.15) is 17.1 Å². The molecule has 3 nitrogen and oxygen atoms in total. The van der Waals surface area contributed by atoms with Gasteiger partial charge in [-0.1, -0.05) is 13.3 Å². The highest BCUT2D eigenvalue weighted by Gasteiger charge is 2.46. The Morgan fingerprint density at radius 2 is 2.25 bits per heavy atom. The lowest BCUT2D eigenvalue weighted by Crippen LogP contribution is -2.49. The van der Waals surface area contributed by atoms with Crippen molar-refractivity contribution >= 4 is 0 Å². The molecule has 0 aromatic heterocycles. The third-order valence-corrected chi connectivity index (χ3v) is 5.07. The molecule has 1 saturated carbocycles. The number of hydrogen-bond donors (Lipinski definition) is 1. The molecule has 20 heavy (non-hydrogen) atoms. The van der Waals surface area contributed by atoms with Crippen molar-refractivity contribution in [2.75, 3.05) is 7.11 Å². The highest BCUT2D eigenvalue weighted by Crippen LogP contribution is 2.50. The fourth-order valence-corrected chi connectivity index (χ4v) is 3.96. The molecule has 1 aromatic rings. The molecule has 1 aliphatic carbocycles. The smallest absolute Gasteiger partial charge is 0.129 e. The lowest BCUT2D eigenvalue weighted by Gasteiger charge is -2.48. The lowest BCUT2D eigenvalue weighted by molar-refractivity contribution is -0.0783. The third-order valence-electron chi connectivity index (χ3n) is 5.07. The summed E-state index contributed by atoms with van der Waals surface area (Å²) in [4.78, 5) is 0. The van der Waals surface area contributed by atoms with E-state index in [4.69, 9.17) is 9.47 Å². The van der Waals surface area contributed by atoms with E-state index in [0.717, 1.165) is 36.3 Å². The third kappa shape index (κ3) is 2.18. The van der Waals surface area contributed by atoms with Gasteiger partial charge in [-0.15, -0.1) is 0 Å². The van der Waals surface area contributed by atoms with Crippen LogP contribution in [0.2, 0.25) is 0 Å². The molecule has 2 aliphatic rings. The Morgan fingerprint density at radius 3 is 3.00 bits per heavy atom. The summed E-state index contributed by atoms with van der Waals surface area (Å²) >= 11 is 0. The maximum atomic E-state index is 10.5.